The van der Waals surface area contributed by atoms with Crippen molar-refractivity contribution < 1.29 is 0 Å². The van der Waals surface area contributed by atoms with E-state index in [0.717, 1.165) is 213 Å². The number of fused-ring (bicyclic) bond motifs is 4. The number of imidazole rings is 4. The number of nitrogens with zero attached hydrogens (tertiary/aromatic N) is 31. The maximum atomic E-state index is 8.97. The van der Waals surface area contributed by atoms with Gasteiger partial charge in [-0.05, 0) is 174 Å². The number of hydrogen-bond acceptors (Lipinski definition) is 35. The summed E-state index contributed by atoms with van der Waals surface area (Å²) in [5, 5.41) is 72.1. The van der Waals surface area contributed by atoms with Gasteiger partial charge in [0.2, 0.25) is 23.8 Å². The van der Waals surface area contributed by atoms with E-state index in [4.69, 9.17) is 62.2 Å². The molecule has 4 aliphatic rings. The number of halogens is 4. The fourth-order valence-corrected chi connectivity index (χ4v) is 17.1. The number of aromatic nitrogens is 24. The van der Waals surface area contributed by atoms with Crippen molar-refractivity contribution in [3.05, 3.63) is 214 Å². The molecule has 0 aliphatic carbocycles. The Balaban J connectivity index is 0.000000127. The molecule has 0 spiro atoms. The molecule has 43 heteroatoms. The summed E-state index contributed by atoms with van der Waals surface area (Å²) in [6, 6.07) is 38.0. The van der Waals surface area contributed by atoms with Gasteiger partial charge in [0.1, 0.15) is 61.3 Å². The van der Waals surface area contributed by atoms with Crippen LogP contribution in [0.4, 0.5) is 93.1 Å². The molecule has 39 nitrogen and oxygen atoms in total. The molecule has 0 bridgehead atoms. The van der Waals surface area contributed by atoms with Gasteiger partial charge in [-0.3, -0.25) is 0 Å². The summed E-state index contributed by atoms with van der Waals surface area (Å²) in [6.07, 6.45) is 25.9. The molecule has 0 unspecified atom stereocenters. The Bertz CT molecular complexity index is 7040. The van der Waals surface area contributed by atoms with Gasteiger partial charge in [0, 0.05) is 127 Å². The molecule has 0 amide bonds. The quantitative estimate of drug-likeness (QED) is 0.0278. The van der Waals surface area contributed by atoms with E-state index < -0.39 is 0 Å². The average Bonchev–Trinajstić information content (AvgIpc) is 1.66. The zero-order valence-corrected chi connectivity index (χ0v) is 80.2. The molecule has 138 heavy (non-hydrogen) atoms. The number of hydrogen-bond donors (Lipinski definition) is 8. The van der Waals surface area contributed by atoms with Gasteiger partial charge >= 0.3 is 0 Å². The van der Waals surface area contributed by atoms with E-state index in [9.17, 15) is 0 Å². The summed E-state index contributed by atoms with van der Waals surface area (Å²) in [7, 11) is 3.97. The van der Waals surface area contributed by atoms with Crippen molar-refractivity contribution in [1.82, 2.24) is 118 Å². The van der Waals surface area contributed by atoms with E-state index in [2.05, 4.69) is 216 Å². The molecule has 0 saturated carbocycles. The highest BCUT2D eigenvalue weighted by atomic mass is 35.5. The molecule has 16 aromatic rings. The zero-order chi connectivity index (χ0) is 95.9. The molecule has 0 radical (unpaired) electrons. The van der Waals surface area contributed by atoms with Gasteiger partial charge in [-0.1, -0.05) is 74.1 Å². The molecule has 18 heterocycles. The van der Waals surface area contributed by atoms with Crippen LogP contribution in [0.25, 0.3) is 44.4 Å². The first-order chi connectivity index (χ1) is 67.0. The summed E-state index contributed by atoms with van der Waals surface area (Å²) in [4.78, 5) is 80.3. The van der Waals surface area contributed by atoms with E-state index in [-0.39, 0.29) is 24.2 Å². The first-order valence-corrected chi connectivity index (χ1v) is 47.0. The smallest absolute Gasteiger partial charge is 0.229 e. The second kappa shape index (κ2) is 43.5. The van der Waals surface area contributed by atoms with Crippen LogP contribution in [0.3, 0.4) is 0 Å². The Morgan fingerprint density at radius 2 is 0.775 bits per heavy atom. The Hall–Kier alpha value is -15.4. The van der Waals surface area contributed by atoms with Crippen molar-refractivity contribution in [2.75, 3.05) is 114 Å². The minimum absolute atomic E-state index is 0.218. The lowest BCUT2D eigenvalue weighted by molar-refractivity contribution is 0.521. The number of anilines is 16. The molecule has 20 rings (SSSR count). The number of piperidine rings is 4. The van der Waals surface area contributed by atoms with Crippen LogP contribution in [-0.2, 0) is 27.2 Å². The van der Waals surface area contributed by atoms with Gasteiger partial charge in [0.15, 0.2) is 51.9 Å². The van der Waals surface area contributed by atoms with Crippen LogP contribution in [-0.4, -0.2) is 195 Å². The SMILES string of the molecule is CC(C)Cn1cnc2cc(Nc3ncc(Cl)c(NC4CCN(c5ccc(C#N)cn5)CC4)n3)cnc21.CC(C)Cn1cnc2ncc(Nc3ncc(Cl)c(NC4CCN(c5ccc(C#N)cn5)CC4)n3)cc21.Cc1ccc(N2CCC(Nc3nc(Nc4ccc5c(c4)ncn5C)ncc3Cl)CC2)nn1.Cc1nc2cc(Nc3ncc(Cl)c(NC4CCN(c5ccc(C#N)nn5)CC4)n3)ccc2n1C. The second-order valence-corrected chi connectivity index (χ2v) is 36.5. The maximum Gasteiger partial charge on any atom is 0.229 e. The molecular formula is C95H101Cl4N39. The van der Waals surface area contributed by atoms with Crippen LogP contribution in [0.15, 0.2) is 166 Å². The van der Waals surface area contributed by atoms with Gasteiger partial charge in [0.05, 0.1) is 112 Å². The molecule has 4 aliphatic heterocycles. The highest BCUT2D eigenvalue weighted by Gasteiger charge is 2.28. The Labute approximate surface area is 815 Å². The largest absolute Gasteiger partial charge is 0.366 e. The van der Waals surface area contributed by atoms with Crippen molar-refractivity contribution in [3.63, 3.8) is 0 Å². The molecular weight excluding hydrogens is 1830 g/mol. The summed E-state index contributed by atoms with van der Waals surface area (Å²) >= 11 is 25.6. The van der Waals surface area contributed by atoms with E-state index in [1.165, 1.54) is 0 Å². The molecule has 704 valence electrons. The second-order valence-electron chi connectivity index (χ2n) is 34.8. The van der Waals surface area contributed by atoms with Crippen LogP contribution in [0.5, 0.6) is 0 Å². The summed E-state index contributed by atoms with van der Waals surface area (Å²) in [6.45, 7) is 21.2. The van der Waals surface area contributed by atoms with E-state index in [1.54, 1.807) is 74.1 Å². The van der Waals surface area contributed by atoms with Crippen molar-refractivity contribution >= 4 is 184 Å². The van der Waals surface area contributed by atoms with Gasteiger partial charge in [0.25, 0.3) is 0 Å². The minimum Gasteiger partial charge on any atom is -0.366 e. The normalized spacial score (nSPS) is 14.3. The standard InChI is InChI=1S/2C25H27ClN10.C23H23ClN10.C22H24ClN9/c1-16(2)14-36-15-31-24-21(36)9-19(12-29-24)33-25-30-13-20(26)23(34-25)32-18-5-7-35(8-6-18)22-4-3-17(10-27)11-28-22;1-16(2)14-36-15-31-21-9-19(12-29-24(21)36)33-25-30-13-20(26)23(34-25)32-18-5-7-35(8-6-18)22-4-3-17(10-27)11-28-22;1-14-27-19-11-16(3-5-20(19)33(14)2)29-23-26-13-18(24)22(30-23)28-15-7-9-34(10-8-15)21-6-4-17(12-25)31-32-21;1-14-3-6-20(30-29-14)32-9-7-15(8-10-32)26-21-17(23)12-24-22(28-21)27-16-4-5-19-18(11-16)25-13-31(19)2/h2*3-4,9,11-13,15-16,18H,5-8,14H2,1-2H3,(H2,30,32,33,34);3-6,11,13,15H,7-10H2,1-2H3,(H2,26,28,29,30);3-6,11-13,15H,7-10H2,1-2H3,(H2,24,26,27,28). The zero-order valence-electron chi connectivity index (χ0n) is 77.2. The number of rotatable bonds is 24. The number of nitriles is 3. The lowest BCUT2D eigenvalue weighted by Crippen LogP contribution is -2.39. The molecule has 14 aromatic heterocycles. The van der Waals surface area contributed by atoms with E-state index in [0.29, 0.717) is 101 Å². The van der Waals surface area contributed by atoms with Crippen molar-refractivity contribution in [2.45, 2.75) is 130 Å². The third-order valence-electron chi connectivity index (χ3n) is 23.8. The highest BCUT2D eigenvalue weighted by molar-refractivity contribution is 6.34. The van der Waals surface area contributed by atoms with Crippen LogP contribution < -0.4 is 62.1 Å². The third kappa shape index (κ3) is 23.7. The maximum absolute atomic E-state index is 8.97. The van der Waals surface area contributed by atoms with E-state index >= 15 is 0 Å². The molecule has 2 aromatic carbocycles. The highest BCUT2D eigenvalue weighted by Crippen LogP contribution is 2.34. The van der Waals surface area contributed by atoms with Gasteiger partial charge < -0.3 is 80.4 Å². The lowest BCUT2D eigenvalue weighted by atomic mass is 10.0. The Morgan fingerprint density at radius 3 is 1.22 bits per heavy atom. The molecule has 8 N–H and O–H groups in total. The summed E-state index contributed by atoms with van der Waals surface area (Å²) in [5.74, 6) is 9.70. The first kappa shape index (κ1) is 94.4. The summed E-state index contributed by atoms with van der Waals surface area (Å²) in [5.41, 5.74) is 13.0. The van der Waals surface area contributed by atoms with Crippen molar-refractivity contribution in [2.24, 2.45) is 25.9 Å². The first-order valence-electron chi connectivity index (χ1n) is 45.5. The number of benzene rings is 2. The summed E-state index contributed by atoms with van der Waals surface area (Å²) < 4.78 is 8.21. The topological polar surface area (TPSA) is 458 Å². The Morgan fingerprint density at radius 1 is 0.362 bits per heavy atom. The fraction of sp³-hybridized carbons (Fsp3) is 0.337. The predicted octanol–water partition coefficient (Wildman–Crippen LogP) is 17.0. The molecule has 4 saturated heterocycles. The van der Waals surface area contributed by atoms with Gasteiger partial charge in [-0.25, -0.2) is 59.8 Å². The van der Waals surface area contributed by atoms with Crippen LogP contribution in [0.1, 0.15) is 107 Å². The lowest BCUT2D eigenvalue weighted by Gasteiger charge is -2.33. The number of pyridine rings is 4. The van der Waals surface area contributed by atoms with Gasteiger partial charge in [-0.15, -0.1) is 15.3 Å². The van der Waals surface area contributed by atoms with Crippen molar-refractivity contribution in [1.29, 1.82) is 15.8 Å². The third-order valence-corrected chi connectivity index (χ3v) is 24.9. The Kier molecular flexibility index (Phi) is 29.8. The van der Waals surface area contributed by atoms with Crippen molar-refractivity contribution in [3.8, 4) is 18.2 Å². The monoisotopic (exact) mass is 1930 g/mol. The number of aryl methyl sites for hydroxylation is 4. The van der Waals surface area contributed by atoms with Gasteiger partial charge in [-0.2, -0.15) is 40.8 Å². The molecule has 4 fully saturated rings. The average molecular weight is 1930 g/mol. The van der Waals surface area contributed by atoms with Crippen LogP contribution >= 0.6 is 46.4 Å². The predicted molar refractivity (Wildman–Crippen MR) is 539 cm³/mol. The fourth-order valence-electron chi connectivity index (χ4n) is 16.5. The van der Waals surface area contributed by atoms with Crippen LogP contribution in [0.2, 0.25) is 20.1 Å². The van der Waals surface area contributed by atoms with Crippen LogP contribution in [0, 0.1) is 59.7 Å². The van der Waals surface area contributed by atoms with E-state index in [1.807, 2.05) is 130 Å². The number of nitrogens with one attached hydrogen (secondary N) is 8. The molecule has 0 atom stereocenters. The minimum atomic E-state index is 0.218.